The Kier molecular flexibility index (Phi) is 18.4. The average Bonchev–Trinajstić information content (AvgIpc) is 3.40. The molecule has 0 radical (unpaired) electrons. The summed E-state index contributed by atoms with van der Waals surface area (Å²) in [5.41, 5.74) is 4.69. The minimum Gasteiger partial charge on any atom is -0.493 e. The lowest BCUT2D eigenvalue weighted by Crippen LogP contribution is -2.30. The third-order valence-corrected chi connectivity index (χ3v) is 9.59. The first-order valence-corrected chi connectivity index (χ1v) is 18.3. The molecule has 0 saturated heterocycles. The number of anilines is 1. The molecule has 0 N–H and O–H groups in total. The van der Waals surface area contributed by atoms with Crippen molar-refractivity contribution in [2.24, 2.45) is 0 Å². The second-order valence-corrected chi connectivity index (χ2v) is 14.9. The van der Waals surface area contributed by atoms with Gasteiger partial charge >= 0.3 is 0 Å². The minimum absolute atomic E-state index is 0. The summed E-state index contributed by atoms with van der Waals surface area (Å²) in [5.74, 6) is 2.08. The molecule has 0 fully saturated rings. The van der Waals surface area contributed by atoms with Crippen molar-refractivity contribution >= 4 is 40.3 Å². The number of hydrogen-bond donors (Lipinski definition) is 0. The van der Waals surface area contributed by atoms with Gasteiger partial charge in [-0.05, 0) is 65.0 Å². The summed E-state index contributed by atoms with van der Waals surface area (Å²) in [7, 11) is 0. The normalized spacial score (nSPS) is 13.0. The monoisotopic (exact) mass is 700 g/mol. The molecule has 0 bridgehead atoms. The maximum Gasteiger partial charge on any atom is 0.223 e. The first-order valence-electron chi connectivity index (χ1n) is 17.4. The fourth-order valence-electron chi connectivity index (χ4n) is 5.92. The number of unbranched alkanes of at least 4 members (excludes halogenated alkanes) is 11. The van der Waals surface area contributed by atoms with Crippen LogP contribution in [0.15, 0.2) is 53.6 Å². The number of nitrogens with zero attached hydrogens (tertiary/aromatic N) is 2. The Morgan fingerprint density at radius 2 is 1.44 bits per heavy atom. The molecule has 0 aromatic heterocycles. The summed E-state index contributed by atoms with van der Waals surface area (Å²) in [6.07, 6.45) is 19.2. The largest absolute Gasteiger partial charge is 0.493 e. The Hall–Kier alpha value is -1.92. The van der Waals surface area contributed by atoms with Gasteiger partial charge in [-0.15, -0.1) is 28.7 Å². The molecule has 0 atom stereocenters. The second kappa shape index (κ2) is 21.1. The van der Waals surface area contributed by atoms with Crippen LogP contribution in [0.4, 0.5) is 5.69 Å². The summed E-state index contributed by atoms with van der Waals surface area (Å²) >= 11 is 1.88. The maximum absolute atomic E-state index is 12.6. The predicted molar refractivity (Wildman–Crippen MR) is 202 cm³/mol. The van der Waals surface area contributed by atoms with Crippen LogP contribution in [-0.4, -0.2) is 29.8 Å². The van der Waals surface area contributed by atoms with Crippen molar-refractivity contribution in [3.05, 3.63) is 70.3 Å². The van der Waals surface area contributed by atoms with Gasteiger partial charge in [0.05, 0.1) is 12.5 Å². The first kappa shape index (κ1) is 39.3. The Bertz CT molecular complexity index is 1160. The molecule has 4 nitrogen and oxygen atoms in total. The number of hydrogen-bond acceptors (Lipinski definition) is 4. The van der Waals surface area contributed by atoms with E-state index in [4.69, 9.17) is 4.74 Å². The summed E-state index contributed by atoms with van der Waals surface area (Å²) < 4.78 is 6.42. The molecule has 3 rings (SSSR count). The zero-order valence-electron chi connectivity index (χ0n) is 29.2. The highest BCUT2D eigenvalue weighted by molar-refractivity contribution is 8.93. The standard InChI is InChI=1S/C39H60N2O2S.BrH/c1-7-8-9-10-11-12-13-14-15-16-17-18-27-43-38-28-34(21-24-37(38)39(4,5)6)25-26-41(33(3)42)36-22-19-35(20-23-36)30-40-29-32(2)44-31-40;/h19-24,28-29H,7-18,25-27,30-31H2,1-6H3;1H. The first-order chi connectivity index (χ1) is 21.2. The van der Waals surface area contributed by atoms with Crippen LogP contribution in [0.1, 0.15) is 135 Å². The maximum atomic E-state index is 12.6. The number of thioether (sulfide) groups is 1. The quantitative estimate of drug-likeness (QED) is 0.129. The SMILES string of the molecule is Br.CCCCCCCCCCCCCCOc1cc(CCN(C(C)=O)c2ccc(CN3C=C(C)SC3)cc2)ccc1C(C)(C)C. The molecular formula is C39H61BrN2O2S. The van der Waals surface area contributed by atoms with Crippen molar-refractivity contribution in [2.75, 3.05) is 23.9 Å². The molecule has 0 saturated carbocycles. The average molecular weight is 702 g/mol. The van der Waals surface area contributed by atoms with E-state index in [0.29, 0.717) is 6.54 Å². The third-order valence-electron chi connectivity index (χ3n) is 8.57. The van der Waals surface area contributed by atoms with Crippen LogP contribution in [-0.2, 0) is 23.2 Å². The second-order valence-electron chi connectivity index (χ2n) is 13.7. The molecule has 1 heterocycles. The van der Waals surface area contributed by atoms with E-state index in [1.165, 1.54) is 92.2 Å². The number of halogens is 1. The summed E-state index contributed by atoms with van der Waals surface area (Å²) in [4.78, 5) is 18.2. The van der Waals surface area contributed by atoms with Crippen LogP contribution >= 0.6 is 28.7 Å². The summed E-state index contributed by atoms with van der Waals surface area (Å²) in [5, 5.41) is 0. The number of carbonyl (C=O) groups is 1. The van der Waals surface area contributed by atoms with Crippen molar-refractivity contribution in [3.63, 3.8) is 0 Å². The van der Waals surface area contributed by atoms with Crippen LogP contribution in [0.2, 0.25) is 0 Å². The Morgan fingerprint density at radius 1 is 0.867 bits per heavy atom. The fraction of sp³-hybridized carbons (Fsp3) is 0.615. The molecule has 45 heavy (non-hydrogen) atoms. The van der Waals surface area contributed by atoms with E-state index in [1.807, 2.05) is 16.7 Å². The molecule has 6 heteroatoms. The van der Waals surface area contributed by atoms with Crippen molar-refractivity contribution in [1.82, 2.24) is 4.90 Å². The number of amides is 1. The molecule has 1 amide bonds. The van der Waals surface area contributed by atoms with Gasteiger partial charge in [0, 0.05) is 31.9 Å². The number of ether oxygens (including phenoxy) is 1. The van der Waals surface area contributed by atoms with E-state index < -0.39 is 0 Å². The molecule has 0 aliphatic carbocycles. The molecule has 0 spiro atoms. The van der Waals surface area contributed by atoms with E-state index in [1.54, 1.807) is 6.92 Å². The van der Waals surface area contributed by atoms with Gasteiger partial charge in [-0.1, -0.05) is 123 Å². The van der Waals surface area contributed by atoms with E-state index in [2.05, 4.69) is 88.2 Å². The Labute approximate surface area is 290 Å². The van der Waals surface area contributed by atoms with Crippen LogP contribution in [0.5, 0.6) is 5.75 Å². The molecule has 252 valence electrons. The van der Waals surface area contributed by atoms with Gasteiger partial charge < -0.3 is 14.5 Å². The molecule has 2 aromatic carbocycles. The smallest absolute Gasteiger partial charge is 0.223 e. The highest BCUT2D eigenvalue weighted by Crippen LogP contribution is 2.33. The van der Waals surface area contributed by atoms with Crippen LogP contribution in [0.3, 0.4) is 0 Å². The van der Waals surface area contributed by atoms with Gasteiger partial charge in [0.2, 0.25) is 5.91 Å². The lowest BCUT2D eigenvalue weighted by molar-refractivity contribution is -0.116. The molecular weight excluding hydrogens is 640 g/mol. The lowest BCUT2D eigenvalue weighted by atomic mass is 9.85. The summed E-state index contributed by atoms with van der Waals surface area (Å²) in [6, 6.07) is 15.1. The Balaban J connectivity index is 0.00000705. The van der Waals surface area contributed by atoms with Gasteiger partial charge in [0.15, 0.2) is 0 Å². The topological polar surface area (TPSA) is 32.8 Å². The van der Waals surface area contributed by atoms with E-state index in [9.17, 15) is 4.79 Å². The van der Waals surface area contributed by atoms with Gasteiger partial charge in [-0.2, -0.15) is 0 Å². The van der Waals surface area contributed by atoms with Crippen LogP contribution < -0.4 is 9.64 Å². The molecule has 2 aromatic rings. The number of benzene rings is 2. The van der Waals surface area contributed by atoms with Crippen molar-refractivity contribution in [2.45, 2.75) is 137 Å². The third kappa shape index (κ3) is 14.6. The van der Waals surface area contributed by atoms with Gasteiger partial charge in [0.25, 0.3) is 0 Å². The molecule has 1 aliphatic rings. The highest BCUT2D eigenvalue weighted by Gasteiger charge is 2.20. The fourth-order valence-corrected chi connectivity index (χ4v) is 6.68. The van der Waals surface area contributed by atoms with E-state index in [0.717, 1.165) is 43.3 Å². The molecule has 1 aliphatic heterocycles. The lowest BCUT2D eigenvalue weighted by Gasteiger charge is -2.25. The number of allylic oxidation sites excluding steroid dienone is 1. The van der Waals surface area contributed by atoms with E-state index in [-0.39, 0.29) is 28.3 Å². The zero-order chi connectivity index (χ0) is 31.8. The van der Waals surface area contributed by atoms with Crippen LogP contribution in [0, 0.1) is 0 Å². The number of carbonyl (C=O) groups excluding carboxylic acids is 1. The number of rotatable bonds is 20. The van der Waals surface area contributed by atoms with Gasteiger partial charge in [0.1, 0.15) is 5.75 Å². The van der Waals surface area contributed by atoms with Crippen molar-refractivity contribution < 1.29 is 9.53 Å². The highest BCUT2D eigenvalue weighted by atomic mass is 79.9. The van der Waals surface area contributed by atoms with Crippen molar-refractivity contribution in [3.8, 4) is 5.75 Å². The van der Waals surface area contributed by atoms with E-state index >= 15 is 0 Å². The minimum atomic E-state index is 0. The predicted octanol–water partition coefficient (Wildman–Crippen LogP) is 11.6. The molecule has 0 unspecified atom stereocenters. The van der Waals surface area contributed by atoms with Gasteiger partial charge in [-0.3, -0.25) is 4.79 Å². The zero-order valence-corrected chi connectivity index (χ0v) is 31.7. The van der Waals surface area contributed by atoms with Crippen LogP contribution in [0.25, 0.3) is 0 Å². The van der Waals surface area contributed by atoms with Gasteiger partial charge in [-0.25, -0.2) is 0 Å². The Morgan fingerprint density at radius 3 is 1.98 bits per heavy atom. The van der Waals surface area contributed by atoms with Crippen molar-refractivity contribution in [1.29, 1.82) is 0 Å². The summed E-state index contributed by atoms with van der Waals surface area (Å²) in [6.45, 7) is 15.2.